The summed E-state index contributed by atoms with van der Waals surface area (Å²) >= 11 is 9.62. The van der Waals surface area contributed by atoms with Gasteiger partial charge in [-0.2, -0.15) is 0 Å². The number of aliphatic hydroxyl groups excluding tert-OH is 2. The van der Waals surface area contributed by atoms with E-state index in [-0.39, 0.29) is 56.0 Å². The summed E-state index contributed by atoms with van der Waals surface area (Å²) < 4.78 is 53.8. The molecule has 95 heavy (non-hydrogen) atoms. The van der Waals surface area contributed by atoms with E-state index in [4.69, 9.17) is 39.4 Å². The average Bonchev–Trinajstić information content (AvgIpc) is 1.61. The van der Waals surface area contributed by atoms with E-state index in [1.54, 1.807) is 58.1 Å². The van der Waals surface area contributed by atoms with E-state index in [2.05, 4.69) is 75.9 Å². The third-order valence-electron chi connectivity index (χ3n) is 16.3. The first-order chi connectivity index (χ1) is 45.8. The molecular formula is C60H64N14O17P2S2. The quantitative estimate of drug-likeness (QED) is 0.0324. The van der Waals surface area contributed by atoms with Gasteiger partial charge in [0.05, 0.1) is 56.8 Å². The van der Waals surface area contributed by atoms with Gasteiger partial charge in [-0.3, -0.25) is 56.3 Å². The Hall–Kier alpha value is -8.32. The molecule has 0 saturated carbocycles. The van der Waals surface area contributed by atoms with E-state index in [1.807, 2.05) is 36.4 Å². The molecule has 0 aliphatic carbocycles. The largest absolute Gasteiger partial charge is 0.387 e. The second-order valence-corrected chi connectivity index (χ2v) is 28.4. The van der Waals surface area contributed by atoms with E-state index < -0.39 is 137 Å². The predicted molar refractivity (Wildman–Crippen MR) is 344 cm³/mol. The van der Waals surface area contributed by atoms with Crippen LogP contribution in [0.5, 0.6) is 0 Å². The minimum absolute atomic E-state index is 0.00478. The van der Waals surface area contributed by atoms with Crippen LogP contribution in [-0.2, 0) is 98.6 Å². The van der Waals surface area contributed by atoms with Crippen molar-refractivity contribution in [1.82, 2.24) is 60.2 Å². The zero-order valence-electron chi connectivity index (χ0n) is 50.3. The number of ether oxygens (including phenoxy) is 2. The highest BCUT2D eigenvalue weighted by molar-refractivity contribution is 8.44. The number of aromatic nitrogens is 7. The number of imidazole rings is 1. The van der Waals surface area contributed by atoms with Crippen molar-refractivity contribution >= 4 is 107 Å². The Morgan fingerprint density at radius 2 is 1.45 bits per heavy atom. The lowest BCUT2D eigenvalue weighted by molar-refractivity contribution is -0.131. The molecule has 9 heterocycles. The van der Waals surface area contributed by atoms with Crippen molar-refractivity contribution in [3.8, 4) is 11.8 Å². The first-order valence-corrected chi connectivity index (χ1v) is 35.4. The SMILES string of the molecule is O=C(CCC(=O)N1Cc2ccccc2C#Cc2ccccc21)NCC(=O)NCC(=O)N[C@@H](Cc1ccccc1)C(=O)NCC(=O)NCCn1cnc2c(ncn2[C@@H]2O[C@@H]3COP(O)(=S)O[C@H]4[C@@H](O)[C@H](n5cc6c7c(ncnc75)NCCC6)O[C@@H]4COP(=O)(S)O[C@@H]2[C@@H]3O)c1=O. The number of nitrogens with zero attached hydrogens (tertiary/aromatic N) is 8. The maximum Gasteiger partial charge on any atom is 0.386 e. The van der Waals surface area contributed by atoms with Crippen LogP contribution in [0, 0.1) is 11.8 Å². The molecule has 498 valence electrons. The summed E-state index contributed by atoms with van der Waals surface area (Å²) in [6, 6.07) is 22.2. The third-order valence-corrected chi connectivity index (χ3v) is 19.5. The highest BCUT2D eigenvalue weighted by Gasteiger charge is 2.53. The topological polar surface area (TPSA) is 394 Å². The highest BCUT2D eigenvalue weighted by atomic mass is 32.7. The number of hydrogen-bond donors (Lipinski definition) is 10. The van der Waals surface area contributed by atoms with E-state index in [0.29, 0.717) is 41.2 Å². The lowest BCUT2D eigenvalue weighted by atomic mass is 10.0. The van der Waals surface area contributed by atoms with Gasteiger partial charge in [0.1, 0.15) is 66.8 Å². The molecule has 0 radical (unpaired) electrons. The lowest BCUT2D eigenvalue weighted by Crippen LogP contribution is -2.52. The van der Waals surface area contributed by atoms with Crippen LogP contribution in [0.25, 0.3) is 22.2 Å². The van der Waals surface area contributed by atoms with Gasteiger partial charge in [-0.1, -0.05) is 84.8 Å². The van der Waals surface area contributed by atoms with Gasteiger partial charge < -0.3 is 70.5 Å². The van der Waals surface area contributed by atoms with Crippen molar-refractivity contribution in [3.63, 3.8) is 0 Å². The Bertz CT molecular complexity index is 4340. The number of rotatable bonds is 18. The van der Waals surface area contributed by atoms with Crippen LogP contribution in [0.2, 0.25) is 0 Å². The molecule has 4 aromatic heterocycles. The number of carbonyl (C=O) groups excluding carboxylic acids is 6. The Morgan fingerprint density at radius 3 is 2.28 bits per heavy atom. The third kappa shape index (κ3) is 15.4. The molecule has 3 saturated heterocycles. The average molecular weight is 1380 g/mol. The fraction of sp³-hybridized carbons (Fsp3) is 0.383. The molecule has 2 unspecified atom stereocenters. The summed E-state index contributed by atoms with van der Waals surface area (Å²) in [5.74, 6) is 3.16. The number of para-hydroxylation sites is 1. The molecule has 3 fully saturated rings. The molecule has 7 aromatic rings. The number of carbonyl (C=O) groups is 6. The molecule has 12 rings (SSSR count). The summed E-state index contributed by atoms with van der Waals surface area (Å²) in [7, 11) is 0. The molecule has 11 atom stereocenters. The van der Waals surface area contributed by atoms with Gasteiger partial charge >= 0.3 is 13.5 Å². The van der Waals surface area contributed by atoms with Gasteiger partial charge in [0.25, 0.3) is 5.56 Å². The fourth-order valence-corrected chi connectivity index (χ4v) is 14.5. The van der Waals surface area contributed by atoms with E-state index in [1.165, 1.54) is 23.5 Å². The monoisotopic (exact) mass is 1380 g/mol. The zero-order valence-corrected chi connectivity index (χ0v) is 53.8. The van der Waals surface area contributed by atoms with E-state index in [9.17, 15) is 53.2 Å². The minimum atomic E-state index is -4.52. The van der Waals surface area contributed by atoms with E-state index in [0.717, 1.165) is 33.1 Å². The van der Waals surface area contributed by atoms with Gasteiger partial charge in [0, 0.05) is 56.2 Å². The Kier molecular flexibility index (Phi) is 20.3. The van der Waals surface area contributed by atoms with Gasteiger partial charge in [-0.15, -0.1) is 0 Å². The van der Waals surface area contributed by atoms with Crippen LogP contribution < -0.4 is 42.4 Å². The maximum absolute atomic E-state index is 14.1. The minimum Gasteiger partial charge on any atom is -0.387 e. The highest BCUT2D eigenvalue weighted by Crippen LogP contribution is 2.58. The molecule has 2 bridgehead atoms. The first kappa shape index (κ1) is 66.7. The summed E-state index contributed by atoms with van der Waals surface area (Å²) in [4.78, 5) is 123. The van der Waals surface area contributed by atoms with Crippen molar-refractivity contribution in [2.45, 2.75) is 100 Å². The van der Waals surface area contributed by atoms with Crippen LogP contribution >= 0.6 is 25.8 Å². The Morgan fingerprint density at radius 1 is 0.737 bits per heavy atom. The molecule has 6 amide bonds. The molecule has 35 heteroatoms. The number of aryl methyl sites for hydroxylation is 1. The smallest absolute Gasteiger partial charge is 0.386 e. The number of hydrogen-bond acceptors (Lipinski definition) is 22. The number of thiol groups is 1. The Balaban J connectivity index is 0.617. The normalized spacial score (nSPS) is 24.9. The van der Waals surface area contributed by atoms with Crippen molar-refractivity contribution in [3.05, 3.63) is 142 Å². The van der Waals surface area contributed by atoms with Crippen molar-refractivity contribution in [2.24, 2.45) is 0 Å². The number of anilines is 2. The van der Waals surface area contributed by atoms with Gasteiger partial charge in [0.15, 0.2) is 23.6 Å². The Labute approximate surface area is 550 Å². The molecule has 5 aliphatic rings. The molecule has 5 aliphatic heterocycles. The number of fused-ring (bicyclic) bond motifs is 6. The van der Waals surface area contributed by atoms with Gasteiger partial charge in [0.2, 0.25) is 35.4 Å². The number of aliphatic hydroxyl groups is 2. The summed E-state index contributed by atoms with van der Waals surface area (Å²) in [5.41, 5.74) is 4.01. The lowest BCUT2D eigenvalue weighted by Gasteiger charge is -2.27. The molecule has 9 N–H and O–H groups in total. The maximum atomic E-state index is 14.1. The molecular weight excluding hydrogens is 1310 g/mol. The van der Waals surface area contributed by atoms with Crippen LogP contribution in [-0.4, -0.2) is 173 Å². The fourth-order valence-electron chi connectivity index (χ4n) is 11.6. The van der Waals surface area contributed by atoms with Crippen LogP contribution in [0.4, 0.5) is 11.5 Å². The van der Waals surface area contributed by atoms with E-state index >= 15 is 0 Å². The summed E-state index contributed by atoms with van der Waals surface area (Å²) in [6.07, 6.45) is -4.80. The van der Waals surface area contributed by atoms with Gasteiger partial charge in [-0.25, -0.2) is 24.5 Å². The number of nitrogens with one attached hydrogen (secondary N) is 6. The molecule has 3 aromatic carbocycles. The molecule has 0 spiro atoms. The van der Waals surface area contributed by atoms with Crippen LogP contribution in [0.15, 0.2) is 109 Å². The summed E-state index contributed by atoms with van der Waals surface area (Å²) in [6.45, 7) is -11.0. The summed E-state index contributed by atoms with van der Waals surface area (Å²) in [5, 5.41) is 40.0. The second-order valence-electron chi connectivity index (χ2n) is 22.7. The van der Waals surface area contributed by atoms with Gasteiger partial charge in [-0.05, 0) is 59.5 Å². The standard InChI is InChI=1S/C60H64N14O17P2S2/c75-43(18-19-47(79)72-27-37-13-5-4-11-35(37)16-17-36-12-6-7-15-40(36)72)63-24-45(77)64-26-46(78)70-39(23-34-9-2-1-3-10-34)57(82)65-25-44(76)61-21-22-71-32-69-56-49(58(71)83)68-33-74(56)60-53-50(80)41(88-60)29-86-92(84,94)90-52-42(30-87-93(85,95)91-53)89-59(51(52)81)73-28-38-14-8-20-62-54-48(38)55(73)67-31-66-54/h1-7,9-13,15,28,31-33,39,41-42,50-53,59-60,80-81H,8,14,18-27,29-30H2,(H,61,76)(H,63,75)(H,64,77)(H,65,82)(H,70,78)(H,84,94)(H,85,95)(H,62,66,67)/t39-,41+,42+,50+,51+,52+,53+,59+,60+,92?,93?/m0/s1. The van der Waals surface area contributed by atoms with Crippen LogP contribution in [0.1, 0.15) is 59.5 Å². The molecule has 31 nitrogen and oxygen atoms in total. The first-order valence-electron chi connectivity index (χ1n) is 30.2. The van der Waals surface area contributed by atoms with Crippen molar-refractivity contribution in [2.75, 3.05) is 56.2 Å². The number of amides is 6. The zero-order chi connectivity index (χ0) is 66.5. The van der Waals surface area contributed by atoms with Crippen molar-refractivity contribution in [1.29, 1.82) is 0 Å². The van der Waals surface area contributed by atoms with Crippen molar-refractivity contribution < 1.29 is 76.0 Å². The second kappa shape index (κ2) is 28.9. The number of benzene rings is 3. The van der Waals surface area contributed by atoms with Crippen LogP contribution in [0.3, 0.4) is 0 Å². The predicted octanol–water partition coefficient (Wildman–Crippen LogP) is 0.904.